The number of aromatic nitrogens is 1. The molecule has 0 spiro atoms. The number of benzene rings is 1. The SMILES string of the molecule is Nc1ccc(N2CCC(c3ccc(Cl)c(F)c3)CC2)nc1. The monoisotopic (exact) mass is 305 g/mol. The fourth-order valence-electron chi connectivity index (χ4n) is 2.79. The van der Waals surface area contributed by atoms with E-state index < -0.39 is 0 Å². The average Bonchev–Trinajstić information content (AvgIpc) is 2.51. The molecule has 0 aliphatic carbocycles. The number of anilines is 2. The molecule has 2 aromatic rings. The first-order valence-corrected chi connectivity index (χ1v) is 7.43. The maximum Gasteiger partial charge on any atom is 0.142 e. The normalized spacial score (nSPS) is 16.2. The van der Waals surface area contributed by atoms with Crippen molar-refractivity contribution in [2.24, 2.45) is 0 Å². The van der Waals surface area contributed by atoms with Crippen molar-refractivity contribution >= 4 is 23.1 Å². The van der Waals surface area contributed by atoms with Crippen molar-refractivity contribution < 1.29 is 4.39 Å². The summed E-state index contributed by atoms with van der Waals surface area (Å²) in [6, 6.07) is 8.93. The molecule has 3 nitrogen and oxygen atoms in total. The summed E-state index contributed by atoms with van der Waals surface area (Å²) in [5.41, 5.74) is 7.35. The average molecular weight is 306 g/mol. The molecule has 0 saturated carbocycles. The third kappa shape index (κ3) is 3.10. The van der Waals surface area contributed by atoms with Gasteiger partial charge in [0.2, 0.25) is 0 Å². The molecule has 1 saturated heterocycles. The van der Waals surface area contributed by atoms with Gasteiger partial charge in [0.1, 0.15) is 11.6 Å². The Balaban J connectivity index is 1.67. The highest BCUT2D eigenvalue weighted by atomic mass is 35.5. The van der Waals surface area contributed by atoms with Crippen molar-refractivity contribution in [1.29, 1.82) is 0 Å². The molecule has 2 heterocycles. The zero-order valence-corrected chi connectivity index (χ0v) is 12.4. The molecule has 0 amide bonds. The van der Waals surface area contributed by atoms with Crippen LogP contribution in [0.5, 0.6) is 0 Å². The molecule has 2 N–H and O–H groups in total. The first-order valence-electron chi connectivity index (χ1n) is 7.05. The maximum atomic E-state index is 13.5. The molecule has 5 heteroatoms. The number of halogens is 2. The Hall–Kier alpha value is -1.81. The lowest BCUT2D eigenvalue weighted by atomic mass is 9.89. The molecule has 110 valence electrons. The van der Waals surface area contributed by atoms with E-state index in [1.54, 1.807) is 18.3 Å². The van der Waals surface area contributed by atoms with Crippen LogP contribution >= 0.6 is 11.6 Å². The summed E-state index contributed by atoms with van der Waals surface area (Å²) in [6.07, 6.45) is 3.64. The molecule has 21 heavy (non-hydrogen) atoms. The van der Waals surface area contributed by atoms with Crippen LogP contribution in [-0.4, -0.2) is 18.1 Å². The zero-order valence-electron chi connectivity index (χ0n) is 11.6. The van der Waals surface area contributed by atoms with Crippen LogP contribution in [0.3, 0.4) is 0 Å². The Kier molecular flexibility index (Phi) is 3.97. The number of hydrogen-bond acceptors (Lipinski definition) is 3. The van der Waals surface area contributed by atoms with Crippen LogP contribution in [0.4, 0.5) is 15.9 Å². The molecular formula is C16H17ClFN3. The molecule has 0 unspecified atom stereocenters. The number of nitrogen functional groups attached to an aromatic ring is 1. The lowest BCUT2D eigenvalue weighted by Crippen LogP contribution is -2.33. The van der Waals surface area contributed by atoms with E-state index >= 15 is 0 Å². The van der Waals surface area contributed by atoms with Gasteiger partial charge in [-0.05, 0) is 48.6 Å². The van der Waals surface area contributed by atoms with Gasteiger partial charge in [-0.15, -0.1) is 0 Å². The number of nitrogens with two attached hydrogens (primary N) is 1. The van der Waals surface area contributed by atoms with Gasteiger partial charge in [-0.1, -0.05) is 17.7 Å². The smallest absolute Gasteiger partial charge is 0.142 e. The summed E-state index contributed by atoms with van der Waals surface area (Å²) < 4.78 is 13.5. The summed E-state index contributed by atoms with van der Waals surface area (Å²) >= 11 is 5.73. The molecule has 1 aromatic carbocycles. The Morgan fingerprint density at radius 2 is 1.95 bits per heavy atom. The minimum absolute atomic E-state index is 0.183. The minimum Gasteiger partial charge on any atom is -0.397 e. The van der Waals surface area contributed by atoms with Crippen LogP contribution in [0.2, 0.25) is 5.02 Å². The number of piperidine rings is 1. The molecule has 3 rings (SSSR count). The third-order valence-corrected chi connectivity index (χ3v) is 4.31. The molecule has 1 fully saturated rings. The summed E-state index contributed by atoms with van der Waals surface area (Å²) in [5.74, 6) is 0.989. The number of pyridine rings is 1. The van der Waals surface area contributed by atoms with Gasteiger partial charge in [0.15, 0.2) is 0 Å². The molecule has 1 aromatic heterocycles. The van der Waals surface area contributed by atoms with Crippen molar-refractivity contribution in [3.8, 4) is 0 Å². The van der Waals surface area contributed by atoms with Gasteiger partial charge in [0.25, 0.3) is 0 Å². The lowest BCUT2D eigenvalue weighted by Gasteiger charge is -2.33. The fraction of sp³-hybridized carbons (Fsp3) is 0.312. The highest BCUT2D eigenvalue weighted by Gasteiger charge is 2.22. The third-order valence-electron chi connectivity index (χ3n) is 4.00. The highest BCUT2D eigenvalue weighted by Crippen LogP contribution is 2.31. The standard InChI is InChI=1S/C16H17ClFN3/c17-14-3-1-12(9-15(14)18)11-5-7-21(8-6-11)16-4-2-13(19)10-20-16/h1-4,9-11H,5-8,19H2. The van der Waals surface area contributed by atoms with Crippen LogP contribution < -0.4 is 10.6 Å². The van der Waals surface area contributed by atoms with Gasteiger partial charge in [-0.25, -0.2) is 9.37 Å². The van der Waals surface area contributed by atoms with Crippen LogP contribution in [0, 0.1) is 5.82 Å². The summed E-state index contributed by atoms with van der Waals surface area (Å²) in [5, 5.41) is 0.183. The van der Waals surface area contributed by atoms with E-state index in [0.717, 1.165) is 37.3 Å². The molecule has 1 aliphatic rings. The van der Waals surface area contributed by atoms with Crippen LogP contribution in [0.15, 0.2) is 36.5 Å². The van der Waals surface area contributed by atoms with Crippen molar-refractivity contribution in [3.63, 3.8) is 0 Å². The van der Waals surface area contributed by atoms with E-state index in [9.17, 15) is 4.39 Å². The Bertz CT molecular complexity index is 622. The van der Waals surface area contributed by atoms with E-state index in [1.165, 1.54) is 0 Å². The first kappa shape index (κ1) is 14.1. The van der Waals surface area contributed by atoms with Crippen molar-refractivity contribution in [3.05, 3.63) is 52.9 Å². The number of nitrogens with zero attached hydrogens (tertiary/aromatic N) is 2. The molecule has 0 atom stereocenters. The Labute approximate surface area is 128 Å². The summed E-state index contributed by atoms with van der Waals surface area (Å²) in [6.45, 7) is 1.82. The van der Waals surface area contributed by atoms with E-state index in [1.807, 2.05) is 18.2 Å². The van der Waals surface area contributed by atoms with Crippen molar-refractivity contribution in [2.45, 2.75) is 18.8 Å². The molecule has 1 aliphatic heterocycles. The van der Waals surface area contributed by atoms with Gasteiger partial charge < -0.3 is 10.6 Å². The van der Waals surface area contributed by atoms with Crippen LogP contribution in [0.25, 0.3) is 0 Å². The number of rotatable bonds is 2. The lowest BCUT2D eigenvalue weighted by molar-refractivity contribution is 0.499. The van der Waals surface area contributed by atoms with E-state index in [2.05, 4.69) is 9.88 Å². The zero-order chi connectivity index (χ0) is 14.8. The summed E-state index contributed by atoms with van der Waals surface area (Å²) in [4.78, 5) is 6.59. The quantitative estimate of drug-likeness (QED) is 0.916. The van der Waals surface area contributed by atoms with Crippen molar-refractivity contribution in [2.75, 3.05) is 23.7 Å². The second-order valence-corrected chi connectivity index (χ2v) is 5.79. The molecule has 0 bridgehead atoms. The largest absolute Gasteiger partial charge is 0.397 e. The highest BCUT2D eigenvalue weighted by molar-refractivity contribution is 6.30. The molecule has 0 radical (unpaired) electrons. The van der Waals surface area contributed by atoms with Gasteiger partial charge in [-0.2, -0.15) is 0 Å². The van der Waals surface area contributed by atoms with Crippen LogP contribution in [0.1, 0.15) is 24.3 Å². The van der Waals surface area contributed by atoms with Gasteiger partial charge >= 0.3 is 0 Å². The van der Waals surface area contributed by atoms with E-state index in [4.69, 9.17) is 17.3 Å². The van der Waals surface area contributed by atoms with E-state index in [0.29, 0.717) is 11.6 Å². The van der Waals surface area contributed by atoms with Crippen LogP contribution in [-0.2, 0) is 0 Å². The van der Waals surface area contributed by atoms with Gasteiger partial charge in [-0.3, -0.25) is 0 Å². The predicted molar refractivity (Wildman–Crippen MR) is 84.2 cm³/mol. The maximum absolute atomic E-state index is 13.5. The Morgan fingerprint density at radius 1 is 1.19 bits per heavy atom. The topological polar surface area (TPSA) is 42.1 Å². The minimum atomic E-state index is -0.336. The van der Waals surface area contributed by atoms with E-state index in [-0.39, 0.29) is 10.8 Å². The second kappa shape index (κ2) is 5.90. The first-order chi connectivity index (χ1) is 10.1. The fourth-order valence-corrected chi connectivity index (χ4v) is 2.91. The predicted octanol–water partition coefficient (Wildman–Crippen LogP) is 3.84. The van der Waals surface area contributed by atoms with Gasteiger partial charge in [0, 0.05) is 13.1 Å². The Morgan fingerprint density at radius 3 is 2.57 bits per heavy atom. The summed E-state index contributed by atoms with van der Waals surface area (Å²) in [7, 11) is 0. The second-order valence-electron chi connectivity index (χ2n) is 5.38. The van der Waals surface area contributed by atoms with Crippen molar-refractivity contribution in [1.82, 2.24) is 4.98 Å². The number of hydrogen-bond donors (Lipinski definition) is 1. The molecular weight excluding hydrogens is 289 g/mol. The van der Waals surface area contributed by atoms with Gasteiger partial charge in [0.05, 0.1) is 16.9 Å².